The van der Waals surface area contributed by atoms with E-state index in [4.69, 9.17) is 8.85 Å². The zero-order valence-electron chi connectivity index (χ0n) is 12.5. The van der Waals surface area contributed by atoms with Crippen molar-refractivity contribution in [2.45, 2.75) is 77.9 Å². The van der Waals surface area contributed by atoms with Crippen LogP contribution in [0, 0.1) is 0 Å². The molecule has 0 N–H and O–H groups in total. The molecule has 16 heavy (non-hydrogen) atoms. The van der Waals surface area contributed by atoms with E-state index in [-0.39, 0.29) is 6.29 Å². The van der Waals surface area contributed by atoms with Crippen molar-refractivity contribution in [1.82, 2.24) is 0 Å². The fourth-order valence-corrected chi connectivity index (χ4v) is 3.24. The Morgan fingerprint density at radius 1 is 0.750 bits per heavy atom. The number of rotatable bonds is 4. The lowest BCUT2D eigenvalue weighted by Crippen LogP contribution is -2.36. The van der Waals surface area contributed by atoms with E-state index in [9.17, 15) is 0 Å². The fraction of sp³-hybridized carbons (Fsp3) is 1.00. The zero-order chi connectivity index (χ0) is 13.1. The van der Waals surface area contributed by atoms with E-state index in [0.717, 1.165) is 0 Å². The highest BCUT2D eigenvalue weighted by Crippen LogP contribution is 2.30. The van der Waals surface area contributed by atoms with Gasteiger partial charge in [0.1, 0.15) is 6.29 Å². The summed E-state index contributed by atoms with van der Waals surface area (Å²) in [6, 6.07) is 0. The molecule has 0 aromatic carbocycles. The van der Waals surface area contributed by atoms with Crippen LogP contribution in [0.3, 0.4) is 0 Å². The summed E-state index contributed by atoms with van der Waals surface area (Å²) in [7, 11) is -2.33. The highest BCUT2D eigenvalue weighted by atomic mass is 28.3. The Morgan fingerprint density at radius 2 is 1.00 bits per heavy atom. The van der Waals surface area contributed by atoms with E-state index in [1.165, 1.54) is 0 Å². The van der Waals surface area contributed by atoms with Crippen molar-refractivity contribution in [2.24, 2.45) is 0 Å². The van der Waals surface area contributed by atoms with E-state index in [1.807, 2.05) is 6.92 Å². The molecule has 2 unspecified atom stereocenters. The minimum absolute atomic E-state index is 0.0261. The Balaban J connectivity index is 4.15. The van der Waals surface area contributed by atoms with Gasteiger partial charge in [-0.3, -0.25) is 0 Å². The zero-order valence-corrected chi connectivity index (χ0v) is 14.9. The van der Waals surface area contributed by atoms with Crippen LogP contribution in [-0.2, 0) is 8.85 Å². The van der Waals surface area contributed by atoms with Gasteiger partial charge in [-0.1, -0.05) is 41.5 Å². The predicted octanol–water partition coefficient (Wildman–Crippen LogP) is 3.67. The van der Waals surface area contributed by atoms with Crippen LogP contribution in [0.5, 0.6) is 0 Å². The van der Waals surface area contributed by atoms with E-state index in [2.05, 4.69) is 54.6 Å². The van der Waals surface area contributed by atoms with Crippen LogP contribution in [0.25, 0.3) is 0 Å². The Labute approximate surface area is 105 Å². The smallest absolute Gasteiger partial charge is 0.182 e. The van der Waals surface area contributed by atoms with Gasteiger partial charge in [-0.15, -0.1) is 0 Å². The van der Waals surface area contributed by atoms with Crippen molar-refractivity contribution in [1.29, 1.82) is 0 Å². The first-order chi connectivity index (χ1) is 6.94. The van der Waals surface area contributed by atoms with Gasteiger partial charge >= 0.3 is 0 Å². The molecule has 0 amide bonds. The van der Waals surface area contributed by atoms with Crippen molar-refractivity contribution < 1.29 is 8.85 Å². The average Bonchev–Trinajstić information content (AvgIpc) is 1.99. The molecule has 0 rings (SSSR count). The van der Waals surface area contributed by atoms with E-state index in [0.29, 0.717) is 10.1 Å². The second-order valence-electron chi connectivity index (χ2n) is 6.86. The van der Waals surface area contributed by atoms with Gasteiger partial charge in [0.15, 0.2) is 18.1 Å². The van der Waals surface area contributed by atoms with Gasteiger partial charge in [0.2, 0.25) is 0 Å². The van der Waals surface area contributed by atoms with Crippen LogP contribution in [0.15, 0.2) is 0 Å². The third-order valence-electron chi connectivity index (χ3n) is 3.23. The largest absolute Gasteiger partial charge is 0.396 e. The van der Waals surface area contributed by atoms with Crippen LogP contribution in [0.1, 0.15) is 48.5 Å². The second kappa shape index (κ2) is 5.80. The average molecular weight is 263 g/mol. The number of hydrogen-bond acceptors (Lipinski definition) is 2. The summed E-state index contributed by atoms with van der Waals surface area (Å²) in [5, 5.41) is 0.619. The fourth-order valence-electron chi connectivity index (χ4n) is 1.02. The van der Waals surface area contributed by atoms with Gasteiger partial charge in [0, 0.05) is 0 Å². The summed E-state index contributed by atoms with van der Waals surface area (Å²) in [5.41, 5.74) is 0. The van der Waals surface area contributed by atoms with Gasteiger partial charge in [-0.2, -0.15) is 0 Å². The minimum atomic E-state index is -1.16. The summed E-state index contributed by atoms with van der Waals surface area (Å²) >= 11 is 0. The highest BCUT2D eigenvalue weighted by Gasteiger charge is 2.28. The van der Waals surface area contributed by atoms with E-state index >= 15 is 0 Å². The van der Waals surface area contributed by atoms with E-state index in [1.54, 1.807) is 0 Å². The molecule has 0 heterocycles. The topological polar surface area (TPSA) is 18.5 Å². The van der Waals surface area contributed by atoms with Crippen LogP contribution in [-0.4, -0.2) is 24.4 Å². The molecule has 98 valence electrons. The Kier molecular flexibility index (Phi) is 5.93. The first-order valence-corrected chi connectivity index (χ1v) is 10.7. The quantitative estimate of drug-likeness (QED) is 0.568. The first kappa shape index (κ1) is 16.4. The van der Waals surface area contributed by atoms with Gasteiger partial charge in [-0.25, -0.2) is 0 Å². The Morgan fingerprint density at radius 3 is 1.19 bits per heavy atom. The summed E-state index contributed by atoms with van der Waals surface area (Å²) in [4.78, 5) is 0. The van der Waals surface area contributed by atoms with Gasteiger partial charge in [-0.05, 0) is 30.1 Å². The second-order valence-corrected chi connectivity index (χ2v) is 13.4. The lowest BCUT2D eigenvalue weighted by Gasteiger charge is -2.33. The summed E-state index contributed by atoms with van der Waals surface area (Å²) in [5.74, 6) is 0. The van der Waals surface area contributed by atoms with Crippen LogP contribution in [0.2, 0.25) is 23.2 Å². The molecule has 0 aliphatic rings. The van der Waals surface area contributed by atoms with E-state index < -0.39 is 18.1 Å². The first-order valence-electron chi connectivity index (χ1n) is 6.25. The Hall–Kier alpha value is 0.354. The molecule has 0 fully saturated rings. The lowest BCUT2D eigenvalue weighted by atomic mass is 10.3. The molecule has 2 nitrogen and oxygen atoms in total. The lowest BCUT2D eigenvalue weighted by molar-refractivity contribution is 0.0111. The molecule has 0 spiro atoms. The molecule has 0 aliphatic carbocycles. The van der Waals surface area contributed by atoms with Gasteiger partial charge < -0.3 is 8.85 Å². The molecular weight excluding hydrogens is 232 g/mol. The molecule has 0 radical (unpaired) electrons. The van der Waals surface area contributed by atoms with Crippen LogP contribution in [0.4, 0.5) is 0 Å². The maximum Gasteiger partial charge on any atom is 0.182 e. The number of hydrogen-bond donors (Lipinski definition) is 0. The monoisotopic (exact) mass is 262 g/mol. The van der Waals surface area contributed by atoms with Crippen molar-refractivity contribution in [3.63, 3.8) is 0 Å². The molecule has 0 aromatic heterocycles. The van der Waals surface area contributed by atoms with Crippen molar-refractivity contribution in [3.05, 3.63) is 0 Å². The molecular formula is C12H30O2Si2. The minimum Gasteiger partial charge on any atom is -0.396 e. The van der Waals surface area contributed by atoms with Gasteiger partial charge in [0.25, 0.3) is 0 Å². The standard InChI is InChI=1S/C12H30O2Si2/c1-10(13-15(8)11(2,3)4)14-16(9)12(5,6)7/h10,15-16H,1-9H3. The third-order valence-corrected chi connectivity index (χ3v) is 9.69. The summed E-state index contributed by atoms with van der Waals surface area (Å²) < 4.78 is 12.1. The van der Waals surface area contributed by atoms with Crippen molar-refractivity contribution >= 4 is 18.1 Å². The highest BCUT2D eigenvalue weighted by molar-refractivity contribution is 6.55. The summed E-state index contributed by atoms with van der Waals surface area (Å²) in [6.45, 7) is 20.1. The van der Waals surface area contributed by atoms with Gasteiger partial charge in [0.05, 0.1) is 0 Å². The van der Waals surface area contributed by atoms with Crippen LogP contribution >= 0.6 is 0 Å². The molecule has 0 aliphatic heterocycles. The maximum atomic E-state index is 6.03. The molecule has 0 saturated heterocycles. The predicted molar refractivity (Wildman–Crippen MR) is 77.1 cm³/mol. The molecule has 0 bridgehead atoms. The van der Waals surface area contributed by atoms with Crippen molar-refractivity contribution in [2.75, 3.05) is 0 Å². The van der Waals surface area contributed by atoms with Crippen LogP contribution < -0.4 is 0 Å². The molecule has 0 saturated carbocycles. The third kappa shape index (κ3) is 6.18. The van der Waals surface area contributed by atoms with Crippen molar-refractivity contribution in [3.8, 4) is 0 Å². The SMILES string of the molecule is CC(O[SiH](C)C(C)(C)C)O[SiH](C)C(C)(C)C. The normalized spacial score (nSPS) is 19.3. The Bertz CT molecular complexity index is 184. The summed E-state index contributed by atoms with van der Waals surface area (Å²) in [6.07, 6.45) is -0.0261. The maximum absolute atomic E-state index is 6.03. The molecule has 4 heteroatoms. The molecule has 0 aromatic rings. The molecule has 2 atom stereocenters.